The molecule has 3 rings (SSSR count). The van der Waals surface area contributed by atoms with Crippen molar-refractivity contribution in [3.8, 4) is 11.8 Å². The Kier molecular flexibility index (Phi) is 5.15. The highest BCUT2D eigenvalue weighted by molar-refractivity contribution is 5.88. The fourth-order valence-corrected chi connectivity index (χ4v) is 2.93. The van der Waals surface area contributed by atoms with Gasteiger partial charge in [-0.3, -0.25) is 0 Å². The van der Waals surface area contributed by atoms with Crippen LogP contribution in [0.2, 0.25) is 0 Å². The molecule has 0 radical (unpaired) electrons. The monoisotopic (exact) mass is 331 g/mol. The molecule has 0 unspecified atom stereocenters. The van der Waals surface area contributed by atoms with E-state index < -0.39 is 0 Å². The summed E-state index contributed by atoms with van der Waals surface area (Å²) in [7, 11) is 1.95. The zero-order valence-corrected chi connectivity index (χ0v) is 14.6. The first-order valence-electron chi connectivity index (χ1n) is 8.44. The average Bonchev–Trinajstić information content (AvgIpc) is 2.67. The van der Waals surface area contributed by atoms with Crippen LogP contribution in [0.1, 0.15) is 24.5 Å². The third kappa shape index (κ3) is 3.56. The highest BCUT2D eigenvalue weighted by atomic mass is 16.5. The van der Waals surface area contributed by atoms with E-state index in [-0.39, 0.29) is 0 Å². The van der Waals surface area contributed by atoms with Gasteiger partial charge in [-0.1, -0.05) is 37.3 Å². The second kappa shape index (κ2) is 7.67. The zero-order chi connectivity index (χ0) is 17.6. The molecule has 126 valence electrons. The van der Waals surface area contributed by atoms with Crippen LogP contribution in [-0.4, -0.2) is 18.6 Å². The Morgan fingerprint density at radius 2 is 1.96 bits per heavy atom. The van der Waals surface area contributed by atoms with Gasteiger partial charge in [0.2, 0.25) is 0 Å². The Labute approximate surface area is 148 Å². The second-order valence-corrected chi connectivity index (χ2v) is 5.95. The number of pyridine rings is 1. The molecule has 0 fully saturated rings. The molecule has 0 amide bonds. The SMILES string of the molecule is CCCOc1ccc2ccccc2c1CN(C)c1ncccc1C#N. The minimum atomic E-state index is 0.571. The predicted octanol–water partition coefficient (Wildman–Crippen LogP) is 4.53. The Hall–Kier alpha value is -3.06. The van der Waals surface area contributed by atoms with E-state index in [4.69, 9.17) is 4.74 Å². The summed E-state index contributed by atoms with van der Waals surface area (Å²) < 4.78 is 5.98. The summed E-state index contributed by atoms with van der Waals surface area (Å²) in [6, 6.07) is 18.2. The van der Waals surface area contributed by atoms with Gasteiger partial charge in [-0.15, -0.1) is 0 Å². The lowest BCUT2D eigenvalue weighted by atomic mass is 10.0. The molecule has 4 heteroatoms. The summed E-state index contributed by atoms with van der Waals surface area (Å²) >= 11 is 0. The van der Waals surface area contributed by atoms with Gasteiger partial charge in [0.1, 0.15) is 17.6 Å². The van der Waals surface area contributed by atoms with Gasteiger partial charge in [0.25, 0.3) is 0 Å². The van der Waals surface area contributed by atoms with Crippen LogP contribution in [0.15, 0.2) is 54.7 Å². The van der Waals surface area contributed by atoms with Gasteiger partial charge >= 0.3 is 0 Å². The highest BCUT2D eigenvalue weighted by Gasteiger charge is 2.14. The highest BCUT2D eigenvalue weighted by Crippen LogP contribution is 2.30. The molecular formula is C21H21N3O. The lowest BCUT2D eigenvalue weighted by molar-refractivity contribution is 0.314. The number of hydrogen-bond donors (Lipinski definition) is 0. The Bertz CT molecular complexity index is 914. The summed E-state index contributed by atoms with van der Waals surface area (Å²) in [4.78, 5) is 6.38. The number of fused-ring (bicyclic) bond motifs is 1. The number of nitriles is 1. The maximum atomic E-state index is 9.33. The minimum absolute atomic E-state index is 0.571. The third-order valence-corrected chi connectivity index (χ3v) is 4.12. The van der Waals surface area contributed by atoms with E-state index in [1.807, 2.05) is 30.1 Å². The Morgan fingerprint density at radius 3 is 2.76 bits per heavy atom. The second-order valence-electron chi connectivity index (χ2n) is 5.95. The number of aromatic nitrogens is 1. The van der Waals surface area contributed by atoms with Crippen LogP contribution >= 0.6 is 0 Å². The van der Waals surface area contributed by atoms with Crippen molar-refractivity contribution in [2.75, 3.05) is 18.6 Å². The first kappa shape index (κ1) is 16.8. The first-order chi connectivity index (χ1) is 12.2. The zero-order valence-electron chi connectivity index (χ0n) is 14.6. The minimum Gasteiger partial charge on any atom is -0.493 e. The van der Waals surface area contributed by atoms with Gasteiger partial charge in [-0.2, -0.15) is 5.26 Å². The van der Waals surface area contributed by atoms with Gasteiger partial charge in [0.05, 0.1) is 12.2 Å². The largest absolute Gasteiger partial charge is 0.493 e. The fourth-order valence-electron chi connectivity index (χ4n) is 2.93. The molecule has 0 saturated heterocycles. The fraction of sp³-hybridized carbons (Fsp3) is 0.238. The van der Waals surface area contributed by atoms with Crippen molar-refractivity contribution in [2.24, 2.45) is 0 Å². The molecule has 0 N–H and O–H groups in total. The van der Waals surface area contributed by atoms with E-state index in [9.17, 15) is 5.26 Å². The topological polar surface area (TPSA) is 49.1 Å². The van der Waals surface area contributed by atoms with Gasteiger partial charge in [0.15, 0.2) is 0 Å². The molecule has 0 aliphatic rings. The molecule has 0 bridgehead atoms. The first-order valence-corrected chi connectivity index (χ1v) is 8.44. The maximum Gasteiger partial charge on any atom is 0.146 e. The van der Waals surface area contributed by atoms with Crippen molar-refractivity contribution in [2.45, 2.75) is 19.9 Å². The molecule has 0 spiro atoms. The summed E-state index contributed by atoms with van der Waals surface area (Å²) in [5.74, 6) is 1.57. The summed E-state index contributed by atoms with van der Waals surface area (Å²) in [6.07, 6.45) is 2.67. The Balaban J connectivity index is 2.02. The number of ether oxygens (including phenoxy) is 1. The number of anilines is 1. The standard InChI is InChI=1S/C21H21N3O/c1-3-13-25-20-11-10-16-7-4-5-9-18(16)19(20)15-24(2)21-17(14-22)8-6-12-23-21/h4-12H,3,13,15H2,1-2H3. The summed E-state index contributed by atoms with van der Waals surface area (Å²) in [6.45, 7) is 3.40. The van der Waals surface area contributed by atoms with Crippen LogP contribution in [0, 0.1) is 11.3 Å². The number of rotatable bonds is 6. The molecule has 1 aromatic heterocycles. The predicted molar refractivity (Wildman–Crippen MR) is 101 cm³/mol. The number of hydrogen-bond acceptors (Lipinski definition) is 4. The van der Waals surface area contributed by atoms with Gasteiger partial charge in [-0.05, 0) is 35.4 Å². The van der Waals surface area contributed by atoms with Crippen LogP contribution in [-0.2, 0) is 6.54 Å². The van der Waals surface area contributed by atoms with Gasteiger partial charge in [0, 0.05) is 25.4 Å². The van der Waals surface area contributed by atoms with Crippen LogP contribution in [0.3, 0.4) is 0 Å². The summed E-state index contributed by atoms with van der Waals surface area (Å²) in [5, 5.41) is 11.7. The van der Waals surface area contributed by atoms with Crippen molar-refractivity contribution >= 4 is 16.6 Å². The van der Waals surface area contributed by atoms with E-state index >= 15 is 0 Å². The number of nitrogens with zero attached hydrogens (tertiary/aromatic N) is 3. The van der Waals surface area contributed by atoms with Crippen LogP contribution in [0.25, 0.3) is 10.8 Å². The smallest absolute Gasteiger partial charge is 0.146 e. The van der Waals surface area contributed by atoms with Crippen LogP contribution in [0.5, 0.6) is 5.75 Å². The molecule has 25 heavy (non-hydrogen) atoms. The molecule has 3 aromatic rings. The molecule has 0 aliphatic carbocycles. The molecule has 4 nitrogen and oxygen atoms in total. The normalized spacial score (nSPS) is 10.4. The van der Waals surface area contributed by atoms with Gasteiger partial charge < -0.3 is 9.64 Å². The van der Waals surface area contributed by atoms with Gasteiger partial charge in [-0.25, -0.2) is 4.98 Å². The quantitative estimate of drug-likeness (QED) is 0.666. The van der Waals surface area contributed by atoms with E-state index in [2.05, 4.69) is 36.2 Å². The molecule has 2 aromatic carbocycles. The third-order valence-electron chi connectivity index (χ3n) is 4.12. The van der Waals surface area contributed by atoms with Crippen molar-refractivity contribution in [1.82, 2.24) is 4.98 Å². The van der Waals surface area contributed by atoms with E-state index in [1.54, 1.807) is 18.3 Å². The average molecular weight is 331 g/mol. The number of benzene rings is 2. The molecule has 0 atom stereocenters. The lowest BCUT2D eigenvalue weighted by Crippen LogP contribution is -2.19. The van der Waals surface area contributed by atoms with E-state index in [0.717, 1.165) is 23.1 Å². The summed E-state index contributed by atoms with van der Waals surface area (Å²) in [5.41, 5.74) is 1.69. The van der Waals surface area contributed by atoms with Crippen LogP contribution < -0.4 is 9.64 Å². The van der Waals surface area contributed by atoms with E-state index in [1.165, 1.54) is 5.39 Å². The van der Waals surface area contributed by atoms with E-state index in [0.29, 0.717) is 24.5 Å². The van der Waals surface area contributed by atoms with Crippen molar-refractivity contribution in [1.29, 1.82) is 5.26 Å². The molecule has 1 heterocycles. The van der Waals surface area contributed by atoms with Crippen molar-refractivity contribution < 1.29 is 4.74 Å². The molecular weight excluding hydrogens is 310 g/mol. The molecule has 0 saturated carbocycles. The Morgan fingerprint density at radius 1 is 1.12 bits per heavy atom. The van der Waals surface area contributed by atoms with Crippen LogP contribution in [0.4, 0.5) is 5.82 Å². The lowest BCUT2D eigenvalue weighted by Gasteiger charge is -2.22. The van der Waals surface area contributed by atoms with Crippen molar-refractivity contribution in [3.05, 3.63) is 65.9 Å². The molecule has 0 aliphatic heterocycles. The maximum absolute atomic E-state index is 9.33. The van der Waals surface area contributed by atoms with Crippen molar-refractivity contribution in [3.63, 3.8) is 0 Å².